The van der Waals surface area contributed by atoms with Crippen LogP contribution in [0.5, 0.6) is 0 Å². The monoisotopic (exact) mass is 176 g/mol. The highest BCUT2D eigenvalue weighted by atomic mass is 16.6. The Balaban J connectivity index is 3.43. The van der Waals surface area contributed by atoms with Gasteiger partial charge in [0.15, 0.2) is 0 Å². The minimum atomic E-state index is -0.489. The fourth-order valence-electron chi connectivity index (χ4n) is 1.03. The number of rotatable bonds is 3. The van der Waals surface area contributed by atoms with E-state index in [9.17, 15) is 10.1 Å². The number of hydrogen-bond donors (Lipinski definition) is 0. The number of aliphatic imine (C=N–C) groups is 1. The maximum Gasteiger partial charge on any atom is 0.295 e. The molecule has 0 aliphatic rings. The summed E-state index contributed by atoms with van der Waals surface area (Å²) in [7, 11) is 0. The number of para-hydroxylation sites is 1. The number of nitrogens with zero attached hydrogens (tertiary/aromatic N) is 2. The summed E-state index contributed by atoms with van der Waals surface area (Å²) in [5.41, 5.74) is 0.833. The highest BCUT2D eigenvalue weighted by Crippen LogP contribution is 2.30. The number of nitro benzene ring substituents is 1. The molecule has 1 aromatic rings. The van der Waals surface area contributed by atoms with Gasteiger partial charge < -0.3 is 0 Å². The summed E-state index contributed by atoms with van der Waals surface area (Å²) in [5, 5.41) is 10.5. The van der Waals surface area contributed by atoms with E-state index in [4.69, 9.17) is 0 Å². The minimum absolute atomic E-state index is 0.0487. The molecule has 1 aromatic carbocycles. The summed E-state index contributed by atoms with van der Waals surface area (Å²) in [6, 6.07) is 4.67. The maximum atomic E-state index is 10.5. The first kappa shape index (κ1) is 9.12. The summed E-state index contributed by atoms with van der Waals surface area (Å²) in [6.07, 6.45) is 1.51. The number of nitro groups is 1. The van der Waals surface area contributed by atoms with E-state index in [-0.39, 0.29) is 11.4 Å². The van der Waals surface area contributed by atoms with E-state index in [1.807, 2.05) is 0 Å². The molecule has 0 fully saturated rings. The molecule has 4 nitrogen and oxygen atoms in total. The van der Waals surface area contributed by atoms with Crippen molar-refractivity contribution in [3.05, 3.63) is 40.5 Å². The molecular formula is C9H8N2O2. The van der Waals surface area contributed by atoms with Crippen LogP contribution in [-0.4, -0.2) is 11.6 Å². The molecule has 0 aliphatic heterocycles. The van der Waals surface area contributed by atoms with Crippen molar-refractivity contribution in [1.29, 1.82) is 0 Å². The van der Waals surface area contributed by atoms with Crippen LogP contribution in [0.4, 0.5) is 11.4 Å². The van der Waals surface area contributed by atoms with Crippen LogP contribution in [0.3, 0.4) is 0 Å². The van der Waals surface area contributed by atoms with Gasteiger partial charge in [0.25, 0.3) is 5.69 Å². The summed E-state index contributed by atoms with van der Waals surface area (Å²) < 4.78 is 0. The van der Waals surface area contributed by atoms with E-state index >= 15 is 0 Å². The third kappa shape index (κ3) is 1.61. The lowest BCUT2D eigenvalue weighted by atomic mass is 10.1. The molecule has 4 heteroatoms. The molecule has 0 atom stereocenters. The standard InChI is InChI=1S/C9H8N2O2/c1-3-7-5-4-6-8(11(12)13)9(7)10-2/h3-6H,1-2H2. The smallest absolute Gasteiger partial charge is 0.258 e. The van der Waals surface area contributed by atoms with Crippen LogP contribution in [0, 0.1) is 10.1 Å². The predicted octanol–water partition coefficient (Wildman–Crippen LogP) is 2.57. The average molecular weight is 176 g/mol. The molecule has 0 saturated carbocycles. The van der Waals surface area contributed by atoms with Crippen LogP contribution in [0.1, 0.15) is 5.56 Å². The third-order valence-corrected chi connectivity index (χ3v) is 1.62. The van der Waals surface area contributed by atoms with Gasteiger partial charge in [-0.15, -0.1) is 0 Å². The molecule has 0 bridgehead atoms. The summed E-state index contributed by atoms with van der Waals surface area (Å²) >= 11 is 0. The lowest BCUT2D eigenvalue weighted by molar-refractivity contribution is -0.384. The summed E-state index contributed by atoms with van der Waals surface area (Å²) in [6.45, 7) is 6.81. The van der Waals surface area contributed by atoms with E-state index < -0.39 is 4.92 Å². The fraction of sp³-hybridized carbons (Fsp3) is 0. The second-order valence-corrected chi connectivity index (χ2v) is 2.33. The van der Waals surface area contributed by atoms with Crippen molar-refractivity contribution in [3.63, 3.8) is 0 Å². The van der Waals surface area contributed by atoms with Gasteiger partial charge in [-0.25, -0.2) is 0 Å². The summed E-state index contributed by atoms with van der Waals surface area (Å²) in [5.74, 6) is 0. The highest BCUT2D eigenvalue weighted by Gasteiger charge is 2.13. The number of benzene rings is 1. The van der Waals surface area contributed by atoms with Gasteiger partial charge in [0, 0.05) is 11.6 Å². The van der Waals surface area contributed by atoms with E-state index in [1.165, 1.54) is 12.1 Å². The Hall–Kier alpha value is -1.97. The molecule has 0 N–H and O–H groups in total. The van der Waals surface area contributed by atoms with Crippen LogP contribution in [0.15, 0.2) is 29.8 Å². The van der Waals surface area contributed by atoms with E-state index in [0.29, 0.717) is 5.56 Å². The van der Waals surface area contributed by atoms with Crippen LogP contribution in [0.2, 0.25) is 0 Å². The highest BCUT2D eigenvalue weighted by molar-refractivity contribution is 5.73. The lowest BCUT2D eigenvalue weighted by Gasteiger charge is -1.99. The molecule has 0 amide bonds. The van der Waals surface area contributed by atoms with Gasteiger partial charge in [-0.2, -0.15) is 0 Å². The molecule has 0 radical (unpaired) electrons. The quantitative estimate of drug-likeness (QED) is 0.403. The molecule has 0 aliphatic carbocycles. The van der Waals surface area contributed by atoms with Crippen molar-refractivity contribution in [2.24, 2.45) is 4.99 Å². The Bertz CT molecular complexity index is 372. The normalized spacial score (nSPS) is 9.23. The molecule has 0 heterocycles. The van der Waals surface area contributed by atoms with E-state index in [1.54, 1.807) is 12.1 Å². The first-order valence-electron chi connectivity index (χ1n) is 3.57. The fourth-order valence-corrected chi connectivity index (χ4v) is 1.03. The topological polar surface area (TPSA) is 55.5 Å². The average Bonchev–Trinajstić information content (AvgIpc) is 2.16. The minimum Gasteiger partial charge on any atom is -0.258 e. The molecule has 0 aromatic heterocycles. The summed E-state index contributed by atoms with van der Waals surface area (Å²) in [4.78, 5) is 13.6. The van der Waals surface area contributed by atoms with Crippen LogP contribution in [0.25, 0.3) is 6.08 Å². The zero-order chi connectivity index (χ0) is 9.84. The zero-order valence-corrected chi connectivity index (χ0v) is 6.93. The molecule has 1 rings (SSSR count). The van der Waals surface area contributed by atoms with Gasteiger partial charge in [-0.1, -0.05) is 24.8 Å². The SMILES string of the molecule is C=Cc1cccc([N+](=O)[O-])c1N=C. The van der Waals surface area contributed by atoms with Gasteiger partial charge in [0.1, 0.15) is 5.69 Å². The molecule has 13 heavy (non-hydrogen) atoms. The Morgan fingerprint density at radius 2 is 2.23 bits per heavy atom. The molecular weight excluding hydrogens is 168 g/mol. The first-order chi connectivity index (χ1) is 6.20. The maximum absolute atomic E-state index is 10.5. The Morgan fingerprint density at radius 1 is 1.54 bits per heavy atom. The molecule has 0 spiro atoms. The van der Waals surface area contributed by atoms with Crippen molar-refractivity contribution in [2.75, 3.05) is 0 Å². The van der Waals surface area contributed by atoms with Crippen molar-refractivity contribution >= 4 is 24.2 Å². The van der Waals surface area contributed by atoms with Gasteiger partial charge in [0.05, 0.1) is 4.92 Å². The first-order valence-corrected chi connectivity index (χ1v) is 3.57. The second-order valence-electron chi connectivity index (χ2n) is 2.33. The van der Waals surface area contributed by atoms with Crippen LogP contribution >= 0.6 is 0 Å². The lowest BCUT2D eigenvalue weighted by Crippen LogP contribution is -1.89. The number of hydrogen-bond acceptors (Lipinski definition) is 3. The Morgan fingerprint density at radius 3 is 2.69 bits per heavy atom. The van der Waals surface area contributed by atoms with Gasteiger partial charge in [-0.05, 0) is 6.72 Å². The van der Waals surface area contributed by atoms with Gasteiger partial charge in [0.2, 0.25) is 0 Å². The Labute approximate surface area is 75.4 Å². The molecule has 0 unspecified atom stereocenters. The molecule has 66 valence electrons. The van der Waals surface area contributed by atoms with Crippen molar-refractivity contribution in [3.8, 4) is 0 Å². The largest absolute Gasteiger partial charge is 0.295 e. The van der Waals surface area contributed by atoms with Crippen molar-refractivity contribution in [2.45, 2.75) is 0 Å². The van der Waals surface area contributed by atoms with Gasteiger partial charge in [-0.3, -0.25) is 15.1 Å². The van der Waals surface area contributed by atoms with Gasteiger partial charge >= 0.3 is 0 Å². The zero-order valence-electron chi connectivity index (χ0n) is 6.93. The van der Waals surface area contributed by atoms with E-state index in [2.05, 4.69) is 18.3 Å². The van der Waals surface area contributed by atoms with Crippen molar-refractivity contribution < 1.29 is 4.92 Å². The predicted molar refractivity (Wildman–Crippen MR) is 52.4 cm³/mol. The van der Waals surface area contributed by atoms with E-state index in [0.717, 1.165) is 0 Å². The Kier molecular flexibility index (Phi) is 2.54. The van der Waals surface area contributed by atoms with Crippen LogP contribution < -0.4 is 0 Å². The van der Waals surface area contributed by atoms with Crippen molar-refractivity contribution in [1.82, 2.24) is 0 Å². The van der Waals surface area contributed by atoms with Crippen LogP contribution in [-0.2, 0) is 0 Å². The second kappa shape index (κ2) is 3.62. The molecule has 0 saturated heterocycles. The third-order valence-electron chi connectivity index (χ3n) is 1.62.